The second-order valence-electron chi connectivity index (χ2n) is 8.08. The molecule has 32 heavy (non-hydrogen) atoms. The number of carbonyl (C=O) groups is 2. The lowest BCUT2D eigenvalue weighted by Gasteiger charge is -2.26. The van der Waals surface area contributed by atoms with Crippen molar-refractivity contribution in [2.45, 2.75) is 75.0 Å². The summed E-state index contributed by atoms with van der Waals surface area (Å²) in [5.41, 5.74) is 1.08. The third-order valence-electron chi connectivity index (χ3n) is 5.51. The summed E-state index contributed by atoms with van der Waals surface area (Å²) in [6.07, 6.45) is 5.53. The number of aliphatic carboxylic acids is 1. The second-order valence-corrected chi connectivity index (χ2v) is 12.6. The van der Waals surface area contributed by atoms with E-state index in [-0.39, 0.29) is 22.0 Å². The fourth-order valence-electron chi connectivity index (χ4n) is 3.79. The van der Waals surface area contributed by atoms with Crippen molar-refractivity contribution in [2.75, 3.05) is 23.9 Å². The molecule has 0 aromatic heterocycles. The maximum Gasteiger partial charge on any atom is 0.303 e. The van der Waals surface area contributed by atoms with Crippen molar-refractivity contribution < 1.29 is 24.5 Å². The standard InChI is InChI=1S/C24H36O5S3/c1-4-8-20-21(11-10-19(17(3)25)23(20)28)29-13-7-14-30-15-18-16-31-24(5-2,32-18)12-6-9-22(26)27/h10-11,18,28H,4-9,12-16H2,1-3H3,(H,26,27). The van der Waals surface area contributed by atoms with Gasteiger partial charge in [0.1, 0.15) is 11.5 Å². The Morgan fingerprint density at radius 1 is 1.28 bits per heavy atom. The van der Waals surface area contributed by atoms with Gasteiger partial charge in [-0.2, -0.15) is 11.8 Å². The molecule has 0 spiro atoms. The molecule has 1 saturated heterocycles. The molecule has 2 N–H and O–H groups in total. The van der Waals surface area contributed by atoms with Gasteiger partial charge in [0.25, 0.3) is 0 Å². The molecule has 5 nitrogen and oxygen atoms in total. The van der Waals surface area contributed by atoms with Gasteiger partial charge in [-0.05, 0) is 56.9 Å². The Bertz CT molecular complexity index is 770. The summed E-state index contributed by atoms with van der Waals surface area (Å²) >= 11 is 6.00. The Balaban J connectivity index is 1.72. The Morgan fingerprint density at radius 2 is 2.06 bits per heavy atom. The van der Waals surface area contributed by atoms with Crippen LogP contribution in [-0.2, 0) is 11.2 Å². The molecule has 0 amide bonds. The Hall–Kier alpha value is -0.990. The SMILES string of the molecule is CCCc1c(OCCCSCC2CSC(CC)(CCCC(=O)O)S2)ccc(C(C)=O)c1O. The topological polar surface area (TPSA) is 83.8 Å². The minimum atomic E-state index is -0.703. The molecule has 1 aliphatic heterocycles. The zero-order chi connectivity index (χ0) is 23.6. The van der Waals surface area contributed by atoms with Crippen molar-refractivity contribution in [3.8, 4) is 11.5 Å². The summed E-state index contributed by atoms with van der Waals surface area (Å²) in [6, 6.07) is 3.45. The number of phenols is 1. The third kappa shape index (κ3) is 8.10. The molecule has 1 aliphatic rings. The van der Waals surface area contributed by atoms with Gasteiger partial charge in [0.05, 0.1) is 16.2 Å². The van der Waals surface area contributed by atoms with Crippen LogP contribution in [0.5, 0.6) is 11.5 Å². The number of carboxylic acid groups (broad SMARTS) is 1. The van der Waals surface area contributed by atoms with E-state index in [1.807, 2.05) is 42.2 Å². The highest BCUT2D eigenvalue weighted by Gasteiger charge is 2.38. The first kappa shape index (κ1) is 27.3. The normalized spacial score (nSPS) is 20.4. The molecule has 180 valence electrons. The van der Waals surface area contributed by atoms with E-state index < -0.39 is 5.97 Å². The summed E-state index contributed by atoms with van der Waals surface area (Å²) in [5.74, 6) is 3.15. The highest BCUT2D eigenvalue weighted by molar-refractivity contribution is 8.22. The van der Waals surface area contributed by atoms with Crippen molar-refractivity contribution in [3.63, 3.8) is 0 Å². The maximum atomic E-state index is 11.7. The number of thioether (sulfide) groups is 3. The predicted molar refractivity (Wildman–Crippen MR) is 138 cm³/mol. The predicted octanol–water partition coefficient (Wildman–Crippen LogP) is 6.26. The van der Waals surface area contributed by atoms with E-state index in [0.717, 1.165) is 54.9 Å². The molecular formula is C24H36O5S3. The van der Waals surface area contributed by atoms with Gasteiger partial charge in [-0.3, -0.25) is 9.59 Å². The molecule has 0 aliphatic carbocycles. The smallest absolute Gasteiger partial charge is 0.303 e. The molecule has 1 aromatic carbocycles. The Kier molecular flexibility index (Phi) is 11.6. The highest BCUT2D eigenvalue weighted by atomic mass is 32.2. The maximum absolute atomic E-state index is 11.7. The van der Waals surface area contributed by atoms with Gasteiger partial charge in [0, 0.05) is 28.7 Å². The average molecular weight is 501 g/mol. The minimum absolute atomic E-state index is 0.0599. The van der Waals surface area contributed by atoms with Gasteiger partial charge in [0.2, 0.25) is 0 Å². The lowest BCUT2D eigenvalue weighted by Crippen LogP contribution is -2.17. The number of carboxylic acids is 1. The van der Waals surface area contributed by atoms with E-state index >= 15 is 0 Å². The zero-order valence-corrected chi connectivity index (χ0v) is 21.8. The van der Waals surface area contributed by atoms with Crippen LogP contribution in [0.25, 0.3) is 0 Å². The van der Waals surface area contributed by atoms with Crippen LogP contribution in [0.15, 0.2) is 12.1 Å². The fourth-order valence-corrected chi connectivity index (χ4v) is 8.86. The van der Waals surface area contributed by atoms with E-state index in [2.05, 4.69) is 6.92 Å². The van der Waals surface area contributed by atoms with Gasteiger partial charge in [-0.15, -0.1) is 23.5 Å². The van der Waals surface area contributed by atoms with Crippen molar-refractivity contribution in [1.82, 2.24) is 0 Å². The fraction of sp³-hybridized carbons (Fsp3) is 0.667. The van der Waals surface area contributed by atoms with E-state index in [9.17, 15) is 14.7 Å². The molecule has 2 unspecified atom stereocenters. The van der Waals surface area contributed by atoms with Gasteiger partial charge >= 0.3 is 5.97 Å². The molecule has 8 heteroatoms. The van der Waals surface area contributed by atoms with Crippen molar-refractivity contribution >= 4 is 47.0 Å². The zero-order valence-electron chi connectivity index (χ0n) is 19.4. The van der Waals surface area contributed by atoms with Crippen LogP contribution >= 0.6 is 35.3 Å². The van der Waals surface area contributed by atoms with Crippen LogP contribution in [0, 0.1) is 0 Å². The van der Waals surface area contributed by atoms with Crippen LogP contribution in [-0.4, -0.2) is 55.2 Å². The summed E-state index contributed by atoms with van der Waals surface area (Å²) in [4.78, 5) is 22.5. The van der Waals surface area contributed by atoms with Crippen molar-refractivity contribution in [3.05, 3.63) is 23.3 Å². The number of ketones is 1. The molecule has 1 fully saturated rings. The molecular weight excluding hydrogens is 464 g/mol. The molecule has 2 rings (SSSR count). The first-order chi connectivity index (χ1) is 15.3. The van der Waals surface area contributed by atoms with Crippen molar-refractivity contribution in [2.24, 2.45) is 0 Å². The number of ether oxygens (including phenoxy) is 1. The van der Waals surface area contributed by atoms with Crippen LogP contribution in [0.1, 0.15) is 75.2 Å². The molecule has 0 bridgehead atoms. The average Bonchev–Trinajstić information content (AvgIpc) is 3.16. The molecule has 1 aromatic rings. The molecule has 0 radical (unpaired) electrons. The molecule has 1 heterocycles. The molecule has 0 saturated carbocycles. The number of benzene rings is 1. The Morgan fingerprint density at radius 3 is 2.72 bits per heavy atom. The Labute approximate surface area is 204 Å². The second kappa shape index (κ2) is 13.7. The van der Waals surface area contributed by atoms with Crippen LogP contribution in [0.4, 0.5) is 0 Å². The number of aromatic hydroxyl groups is 1. The van der Waals surface area contributed by atoms with Gasteiger partial charge in [0.15, 0.2) is 5.78 Å². The number of rotatable bonds is 15. The van der Waals surface area contributed by atoms with Crippen LogP contribution < -0.4 is 4.74 Å². The summed E-state index contributed by atoms with van der Waals surface area (Å²) in [7, 11) is 0. The highest BCUT2D eigenvalue weighted by Crippen LogP contribution is 2.53. The lowest BCUT2D eigenvalue weighted by atomic mass is 10.0. The van der Waals surface area contributed by atoms with Crippen LogP contribution in [0.3, 0.4) is 0 Å². The number of hydrogen-bond acceptors (Lipinski definition) is 7. The van der Waals surface area contributed by atoms with E-state index in [0.29, 0.717) is 29.6 Å². The monoisotopic (exact) mass is 500 g/mol. The molecule has 2 atom stereocenters. The van der Waals surface area contributed by atoms with E-state index in [1.165, 1.54) is 6.92 Å². The summed E-state index contributed by atoms with van der Waals surface area (Å²) < 4.78 is 6.14. The number of phenolic OH excluding ortho intramolecular Hbond substituents is 1. The first-order valence-electron chi connectivity index (χ1n) is 11.4. The minimum Gasteiger partial charge on any atom is -0.507 e. The quantitative estimate of drug-likeness (QED) is 0.216. The largest absolute Gasteiger partial charge is 0.507 e. The summed E-state index contributed by atoms with van der Waals surface area (Å²) in [5, 5.41) is 19.9. The third-order valence-corrected chi connectivity index (χ3v) is 11.0. The number of Topliss-reactive ketones (excluding diaryl/α,β-unsaturated/α-hetero) is 1. The van der Waals surface area contributed by atoms with Gasteiger partial charge in [-0.25, -0.2) is 0 Å². The number of hydrogen-bond donors (Lipinski definition) is 2. The van der Waals surface area contributed by atoms with Crippen LogP contribution in [0.2, 0.25) is 0 Å². The van der Waals surface area contributed by atoms with Gasteiger partial charge in [-0.1, -0.05) is 20.3 Å². The van der Waals surface area contributed by atoms with Crippen molar-refractivity contribution in [1.29, 1.82) is 0 Å². The lowest BCUT2D eigenvalue weighted by molar-refractivity contribution is -0.137. The van der Waals surface area contributed by atoms with E-state index in [4.69, 9.17) is 9.84 Å². The van der Waals surface area contributed by atoms with Gasteiger partial charge < -0.3 is 14.9 Å². The first-order valence-corrected chi connectivity index (χ1v) is 14.4. The van der Waals surface area contributed by atoms with E-state index in [1.54, 1.807) is 12.1 Å². The summed E-state index contributed by atoms with van der Waals surface area (Å²) in [6.45, 7) is 6.30. The number of carbonyl (C=O) groups excluding carboxylic acids is 1.